The molecule has 0 saturated heterocycles. The number of halogens is 2. The Morgan fingerprint density at radius 3 is 2.07 bits per heavy atom. The SMILES string of the molecule is OB(O)Oc1ccc([SiH](CCl)CCl)cc1. The van der Waals surface area contributed by atoms with Crippen molar-refractivity contribution in [2.75, 3.05) is 11.0 Å². The number of benzene rings is 1. The highest BCUT2D eigenvalue weighted by Crippen LogP contribution is 2.08. The smallest absolute Gasteiger partial charge is 0.512 e. The third-order valence-electron chi connectivity index (χ3n) is 1.97. The zero-order chi connectivity index (χ0) is 11.3. The second kappa shape index (κ2) is 6.40. The summed E-state index contributed by atoms with van der Waals surface area (Å²) in [7, 11) is -3.04. The molecule has 0 aliphatic carbocycles. The number of rotatable bonds is 5. The van der Waals surface area contributed by atoms with E-state index in [-0.39, 0.29) is 0 Å². The molecule has 0 radical (unpaired) electrons. The Kier molecular flexibility index (Phi) is 5.49. The van der Waals surface area contributed by atoms with Crippen LogP contribution in [0.5, 0.6) is 5.75 Å². The first-order valence-electron chi connectivity index (χ1n) is 4.42. The monoisotopic (exact) mass is 264 g/mol. The van der Waals surface area contributed by atoms with E-state index >= 15 is 0 Å². The molecule has 1 rings (SSSR count). The van der Waals surface area contributed by atoms with Crippen LogP contribution in [0.2, 0.25) is 0 Å². The largest absolute Gasteiger partial charge is 0.707 e. The Hall–Kier alpha value is -0.198. The van der Waals surface area contributed by atoms with E-state index < -0.39 is 16.1 Å². The van der Waals surface area contributed by atoms with E-state index in [0.29, 0.717) is 16.8 Å². The third-order valence-corrected chi connectivity index (χ3v) is 6.27. The maximum atomic E-state index is 8.58. The Bertz CT molecular complexity index is 292. The summed E-state index contributed by atoms with van der Waals surface area (Å²) >= 11 is 11.6. The van der Waals surface area contributed by atoms with Gasteiger partial charge in [0, 0.05) is 11.0 Å². The minimum atomic E-state index is -1.79. The molecule has 0 spiro atoms. The van der Waals surface area contributed by atoms with Crippen LogP contribution in [0.25, 0.3) is 0 Å². The van der Waals surface area contributed by atoms with Crippen molar-refractivity contribution in [1.29, 1.82) is 0 Å². The molecule has 0 aliphatic rings. The van der Waals surface area contributed by atoms with Crippen LogP contribution >= 0.6 is 23.2 Å². The maximum Gasteiger partial charge on any atom is 0.707 e. The van der Waals surface area contributed by atoms with Crippen molar-refractivity contribution in [3.05, 3.63) is 24.3 Å². The van der Waals surface area contributed by atoms with Gasteiger partial charge in [0.1, 0.15) is 14.5 Å². The second-order valence-corrected chi connectivity index (χ2v) is 7.55. The van der Waals surface area contributed by atoms with E-state index in [1.165, 1.54) is 0 Å². The molecule has 0 bridgehead atoms. The minimum Gasteiger partial charge on any atom is -0.512 e. The molecule has 0 unspecified atom stereocenters. The first-order valence-corrected chi connectivity index (χ1v) is 7.70. The molecule has 0 saturated carbocycles. The number of hydrogen-bond donors (Lipinski definition) is 2. The molecule has 82 valence electrons. The van der Waals surface area contributed by atoms with E-state index in [0.717, 1.165) is 5.19 Å². The van der Waals surface area contributed by atoms with Gasteiger partial charge in [0.25, 0.3) is 0 Å². The molecule has 0 aliphatic heterocycles. The van der Waals surface area contributed by atoms with Crippen LogP contribution in [-0.2, 0) is 0 Å². The lowest BCUT2D eigenvalue weighted by molar-refractivity contribution is 0.288. The van der Waals surface area contributed by atoms with Crippen LogP contribution < -0.4 is 9.84 Å². The van der Waals surface area contributed by atoms with E-state index in [4.69, 9.17) is 33.2 Å². The van der Waals surface area contributed by atoms with E-state index in [9.17, 15) is 0 Å². The van der Waals surface area contributed by atoms with Gasteiger partial charge in [-0.2, -0.15) is 0 Å². The van der Waals surface area contributed by atoms with Gasteiger partial charge in [-0.05, 0) is 12.1 Å². The van der Waals surface area contributed by atoms with Crippen molar-refractivity contribution in [2.24, 2.45) is 0 Å². The lowest BCUT2D eigenvalue weighted by atomic mass is 10.2. The van der Waals surface area contributed by atoms with Crippen molar-refractivity contribution >= 4 is 44.5 Å². The van der Waals surface area contributed by atoms with Gasteiger partial charge >= 0.3 is 7.32 Å². The molecule has 0 aromatic heterocycles. The fraction of sp³-hybridized carbons (Fsp3) is 0.250. The Morgan fingerprint density at radius 1 is 1.13 bits per heavy atom. The van der Waals surface area contributed by atoms with Gasteiger partial charge in [-0.15, -0.1) is 23.2 Å². The summed E-state index contributed by atoms with van der Waals surface area (Å²) in [6.07, 6.45) is 0. The number of hydrogen-bond acceptors (Lipinski definition) is 3. The zero-order valence-corrected chi connectivity index (χ0v) is 10.6. The van der Waals surface area contributed by atoms with E-state index in [1.807, 2.05) is 12.1 Å². The first kappa shape index (κ1) is 12.9. The Morgan fingerprint density at radius 2 is 1.67 bits per heavy atom. The van der Waals surface area contributed by atoms with Gasteiger partial charge in [0.05, 0.1) is 0 Å². The van der Waals surface area contributed by atoms with Gasteiger partial charge in [-0.25, -0.2) is 0 Å². The molecule has 1 aromatic carbocycles. The van der Waals surface area contributed by atoms with Crippen LogP contribution in [0.15, 0.2) is 24.3 Å². The molecular weight excluding hydrogens is 254 g/mol. The number of alkyl halides is 2. The topological polar surface area (TPSA) is 49.7 Å². The predicted molar refractivity (Wildman–Crippen MR) is 65.5 cm³/mol. The van der Waals surface area contributed by atoms with Crippen molar-refractivity contribution in [3.8, 4) is 5.75 Å². The summed E-state index contributed by atoms with van der Waals surface area (Å²) in [5.41, 5.74) is 1.18. The Labute approximate surface area is 100 Å². The van der Waals surface area contributed by atoms with Crippen molar-refractivity contribution < 1.29 is 14.7 Å². The average Bonchev–Trinajstić information content (AvgIpc) is 2.21. The van der Waals surface area contributed by atoms with Gasteiger partial charge < -0.3 is 14.7 Å². The molecule has 1 aromatic rings. The Balaban J connectivity index is 2.71. The molecule has 0 fully saturated rings. The normalized spacial score (nSPS) is 10.5. The molecule has 3 nitrogen and oxygen atoms in total. The fourth-order valence-electron chi connectivity index (χ4n) is 1.16. The zero-order valence-electron chi connectivity index (χ0n) is 7.94. The van der Waals surface area contributed by atoms with Crippen LogP contribution in [0.1, 0.15) is 0 Å². The highest BCUT2D eigenvalue weighted by Gasteiger charge is 2.13. The standard InChI is InChI=1S/C8H11BCl2O3Si/c10-5-15(6-11)8-3-1-7(2-4-8)14-9(12)13/h1-4,12-13,15H,5-6H2. The minimum absolute atomic E-state index is 0.408. The summed E-state index contributed by atoms with van der Waals surface area (Å²) in [4.78, 5) is 0. The molecule has 2 N–H and O–H groups in total. The summed E-state index contributed by atoms with van der Waals surface area (Å²) in [6.45, 7) is 0. The quantitative estimate of drug-likeness (QED) is 0.583. The van der Waals surface area contributed by atoms with Gasteiger partial charge in [-0.3, -0.25) is 0 Å². The van der Waals surface area contributed by atoms with Crippen molar-refractivity contribution in [1.82, 2.24) is 0 Å². The lowest BCUT2D eigenvalue weighted by Gasteiger charge is -2.10. The summed E-state index contributed by atoms with van der Waals surface area (Å²) in [5.74, 6) is 0.408. The van der Waals surface area contributed by atoms with Gasteiger partial charge in [0.2, 0.25) is 0 Å². The van der Waals surface area contributed by atoms with Crippen LogP contribution in [0.3, 0.4) is 0 Å². The highest BCUT2D eigenvalue weighted by molar-refractivity contribution is 6.83. The fourth-order valence-corrected chi connectivity index (χ4v) is 4.39. The summed E-state index contributed by atoms with van der Waals surface area (Å²) < 4.78 is 4.68. The molecule has 7 heteroatoms. The lowest BCUT2D eigenvalue weighted by Crippen LogP contribution is -2.34. The maximum absolute atomic E-state index is 8.58. The van der Waals surface area contributed by atoms with Crippen molar-refractivity contribution in [3.63, 3.8) is 0 Å². The molecule has 0 heterocycles. The van der Waals surface area contributed by atoms with Crippen molar-refractivity contribution in [2.45, 2.75) is 0 Å². The third kappa shape index (κ3) is 4.04. The highest BCUT2D eigenvalue weighted by atomic mass is 35.5. The van der Waals surface area contributed by atoms with E-state index in [2.05, 4.69) is 4.65 Å². The van der Waals surface area contributed by atoms with Crippen LogP contribution in [0, 0.1) is 0 Å². The van der Waals surface area contributed by atoms with Gasteiger partial charge in [0.15, 0.2) is 0 Å². The van der Waals surface area contributed by atoms with Gasteiger partial charge in [-0.1, -0.05) is 17.3 Å². The summed E-state index contributed by atoms with van der Waals surface area (Å²) in [5, 5.41) is 18.3. The molecule has 15 heavy (non-hydrogen) atoms. The van der Waals surface area contributed by atoms with Crippen LogP contribution in [-0.4, -0.2) is 37.2 Å². The second-order valence-electron chi connectivity index (χ2n) is 3.02. The first-order chi connectivity index (χ1) is 7.17. The molecular formula is C8H11BCl2O3Si. The predicted octanol–water partition coefficient (Wildman–Crippen LogP) is 0.0250. The molecule has 0 amide bonds. The van der Waals surface area contributed by atoms with E-state index in [1.54, 1.807) is 12.1 Å². The summed E-state index contributed by atoms with van der Waals surface area (Å²) in [6, 6.07) is 7.07. The average molecular weight is 265 g/mol. The molecule has 0 atom stereocenters. The van der Waals surface area contributed by atoms with Crippen LogP contribution in [0.4, 0.5) is 0 Å².